The van der Waals surface area contributed by atoms with E-state index in [-0.39, 0.29) is 31.1 Å². The van der Waals surface area contributed by atoms with Gasteiger partial charge in [-0.2, -0.15) is 0 Å². The number of unbranched alkanes of at least 4 members (excludes halogenated alkanes) is 24. The van der Waals surface area contributed by atoms with Crippen LogP contribution in [0.25, 0.3) is 0 Å². The quantitative estimate of drug-likeness (QED) is 0.0265. The molecule has 1 atom stereocenters. The topological polar surface area (TPSA) is 78.9 Å². The number of rotatable bonds is 43. The fraction of sp³-hybridized carbons (Fsp3) is 0.784. The Bertz CT molecular complexity index is 1010. The minimum atomic E-state index is -0.780. The largest absolute Gasteiger partial charge is 0.462 e. The third kappa shape index (κ3) is 44.3. The SMILES string of the molecule is CC/C=C\C/C=C\C/C=C\CCCCCCCC(=O)OC[C@@H](COC(=O)CCCCCCCCCCCCCC)OC(=O)CCCCCCC/C=C\CCCCC. The molecule has 6 nitrogen and oxygen atoms in total. The van der Waals surface area contributed by atoms with Gasteiger partial charge in [-0.05, 0) is 77.0 Å². The lowest BCUT2D eigenvalue weighted by Crippen LogP contribution is -2.30. The van der Waals surface area contributed by atoms with Crippen molar-refractivity contribution in [2.24, 2.45) is 0 Å². The second-order valence-electron chi connectivity index (χ2n) is 16.0. The fourth-order valence-corrected chi connectivity index (χ4v) is 6.69. The van der Waals surface area contributed by atoms with E-state index in [0.717, 1.165) is 109 Å². The third-order valence-electron chi connectivity index (χ3n) is 10.3. The Morgan fingerprint density at radius 2 is 0.684 bits per heavy atom. The van der Waals surface area contributed by atoms with E-state index in [1.54, 1.807) is 0 Å². The van der Waals surface area contributed by atoms with E-state index in [2.05, 4.69) is 69.4 Å². The monoisotopic (exact) mass is 799 g/mol. The van der Waals surface area contributed by atoms with Gasteiger partial charge in [-0.3, -0.25) is 14.4 Å². The fourth-order valence-electron chi connectivity index (χ4n) is 6.69. The molecular weight excluding hydrogens is 709 g/mol. The Balaban J connectivity index is 4.40. The molecule has 0 heterocycles. The minimum Gasteiger partial charge on any atom is -0.462 e. The molecule has 0 aliphatic carbocycles. The first-order chi connectivity index (χ1) is 28.0. The predicted molar refractivity (Wildman–Crippen MR) is 242 cm³/mol. The highest BCUT2D eigenvalue weighted by molar-refractivity contribution is 5.71. The molecule has 0 aromatic carbocycles. The number of hydrogen-bond donors (Lipinski definition) is 0. The normalized spacial score (nSPS) is 12.4. The standard InChI is InChI=1S/C51H90O6/c1-4-7-10-13-16-19-22-25-26-27-30-32-35-38-41-44-50(53)56-47-48(57-51(54)45-42-39-36-33-29-24-21-18-15-12-9-6-3)46-55-49(52)43-40-37-34-31-28-23-20-17-14-11-8-5-2/h7,10,16,18-19,21,25-26,48H,4-6,8-9,11-15,17,20,22-24,27-47H2,1-3H3/b10-7-,19-16-,21-18-,26-25-/t48-/m1/s1. The summed E-state index contributed by atoms with van der Waals surface area (Å²) in [5, 5.41) is 0. The molecule has 0 spiro atoms. The first-order valence-electron chi connectivity index (χ1n) is 24.1. The van der Waals surface area contributed by atoms with Crippen LogP contribution in [0.1, 0.15) is 239 Å². The summed E-state index contributed by atoms with van der Waals surface area (Å²) in [6, 6.07) is 0. The Labute approximate surface area is 352 Å². The van der Waals surface area contributed by atoms with Crippen molar-refractivity contribution in [1.82, 2.24) is 0 Å². The van der Waals surface area contributed by atoms with Crippen molar-refractivity contribution in [1.29, 1.82) is 0 Å². The zero-order valence-corrected chi connectivity index (χ0v) is 37.6. The van der Waals surface area contributed by atoms with Gasteiger partial charge < -0.3 is 14.2 Å². The molecule has 0 rings (SSSR count). The maximum atomic E-state index is 12.7. The van der Waals surface area contributed by atoms with Crippen LogP contribution < -0.4 is 0 Å². The van der Waals surface area contributed by atoms with E-state index in [1.807, 2.05) is 0 Å². The molecule has 0 unspecified atom stereocenters. The van der Waals surface area contributed by atoms with Crippen LogP contribution in [-0.4, -0.2) is 37.2 Å². The Hall–Kier alpha value is -2.63. The van der Waals surface area contributed by atoms with Crippen molar-refractivity contribution in [3.05, 3.63) is 48.6 Å². The maximum absolute atomic E-state index is 12.7. The van der Waals surface area contributed by atoms with Gasteiger partial charge in [0.1, 0.15) is 13.2 Å². The minimum absolute atomic E-state index is 0.0803. The van der Waals surface area contributed by atoms with Crippen LogP contribution in [0.15, 0.2) is 48.6 Å². The molecule has 330 valence electrons. The molecule has 0 fully saturated rings. The Kier molecular flexibility index (Phi) is 43.9. The number of carbonyl (C=O) groups is 3. The zero-order valence-electron chi connectivity index (χ0n) is 37.6. The van der Waals surface area contributed by atoms with Crippen LogP contribution in [0.4, 0.5) is 0 Å². The molecule has 57 heavy (non-hydrogen) atoms. The zero-order chi connectivity index (χ0) is 41.5. The van der Waals surface area contributed by atoms with Gasteiger partial charge >= 0.3 is 17.9 Å². The molecule has 0 radical (unpaired) electrons. The summed E-state index contributed by atoms with van der Waals surface area (Å²) in [5.41, 5.74) is 0. The van der Waals surface area contributed by atoms with Crippen LogP contribution in [0.2, 0.25) is 0 Å². The third-order valence-corrected chi connectivity index (χ3v) is 10.3. The summed E-state index contributed by atoms with van der Waals surface area (Å²) >= 11 is 0. The van der Waals surface area contributed by atoms with Crippen LogP contribution in [-0.2, 0) is 28.6 Å². The van der Waals surface area contributed by atoms with Gasteiger partial charge in [0.15, 0.2) is 6.10 Å². The van der Waals surface area contributed by atoms with Crippen molar-refractivity contribution in [3.63, 3.8) is 0 Å². The summed E-state index contributed by atoms with van der Waals surface area (Å²) in [7, 11) is 0. The van der Waals surface area contributed by atoms with E-state index < -0.39 is 6.10 Å². The van der Waals surface area contributed by atoms with Gasteiger partial charge in [-0.25, -0.2) is 0 Å². The van der Waals surface area contributed by atoms with Gasteiger partial charge in [-0.15, -0.1) is 0 Å². The highest BCUT2D eigenvalue weighted by Gasteiger charge is 2.19. The maximum Gasteiger partial charge on any atom is 0.306 e. The van der Waals surface area contributed by atoms with E-state index in [1.165, 1.54) is 89.9 Å². The van der Waals surface area contributed by atoms with Crippen molar-refractivity contribution in [3.8, 4) is 0 Å². The summed E-state index contributed by atoms with van der Waals surface area (Å²) in [5.74, 6) is -0.905. The number of ether oxygens (including phenoxy) is 3. The molecule has 0 aromatic rings. The van der Waals surface area contributed by atoms with E-state index in [4.69, 9.17) is 14.2 Å². The average Bonchev–Trinajstić information content (AvgIpc) is 3.21. The summed E-state index contributed by atoms with van der Waals surface area (Å²) < 4.78 is 16.7. The summed E-state index contributed by atoms with van der Waals surface area (Å²) in [6.45, 7) is 6.48. The first kappa shape index (κ1) is 54.4. The second kappa shape index (κ2) is 46.1. The van der Waals surface area contributed by atoms with Crippen LogP contribution >= 0.6 is 0 Å². The lowest BCUT2D eigenvalue weighted by molar-refractivity contribution is -0.167. The molecule has 0 bridgehead atoms. The molecule has 0 amide bonds. The van der Waals surface area contributed by atoms with Crippen molar-refractivity contribution < 1.29 is 28.6 Å². The lowest BCUT2D eigenvalue weighted by Gasteiger charge is -2.18. The van der Waals surface area contributed by atoms with Gasteiger partial charge in [-0.1, -0.05) is 191 Å². The number of allylic oxidation sites excluding steroid dienone is 8. The molecule has 0 saturated carbocycles. The molecule has 0 N–H and O–H groups in total. The Morgan fingerprint density at radius 3 is 1.12 bits per heavy atom. The Morgan fingerprint density at radius 1 is 0.368 bits per heavy atom. The van der Waals surface area contributed by atoms with Crippen LogP contribution in [0, 0.1) is 0 Å². The lowest BCUT2D eigenvalue weighted by atomic mass is 10.0. The average molecular weight is 799 g/mol. The molecular formula is C51H90O6. The second-order valence-corrected chi connectivity index (χ2v) is 16.0. The molecule has 0 aliphatic heterocycles. The number of carbonyl (C=O) groups excluding carboxylic acids is 3. The van der Waals surface area contributed by atoms with Crippen LogP contribution in [0.5, 0.6) is 0 Å². The molecule has 0 aromatic heterocycles. The van der Waals surface area contributed by atoms with Gasteiger partial charge in [0.05, 0.1) is 0 Å². The van der Waals surface area contributed by atoms with Crippen molar-refractivity contribution in [2.45, 2.75) is 245 Å². The first-order valence-corrected chi connectivity index (χ1v) is 24.1. The summed E-state index contributed by atoms with van der Waals surface area (Å²) in [4.78, 5) is 37.8. The van der Waals surface area contributed by atoms with E-state index in [9.17, 15) is 14.4 Å². The number of hydrogen-bond acceptors (Lipinski definition) is 6. The predicted octanol–water partition coefficient (Wildman–Crippen LogP) is 15.5. The molecule has 6 heteroatoms. The van der Waals surface area contributed by atoms with Gasteiger partial charge in [0.2, 0.25) is 0 Å². The van der Waals surface area contributed by atoms with E-state index in [0.29, 0.717) is 19.3 Å². The smallest absolute Gasteiger partial charge is 0.306 e. The van der Waals surface area contributed by atoms with E-state index >= 15 is 0 Å². The van der Waals surface area contributed by atoms with Crippen molar-refractivity contribution in [2.75, 3.05) is 13.2 Å². The highest BCUT2D eigenvalue weighted by Crippen LogP contribution is 2.14. The van der Waals surface area contributed by atoms with Gasteiger partial charge in [0, 0.05) is 19.3 Å². The summed E-state index contributed by atoms with van der Waals surface area (Å²) in [6.07, 6.45) is 53.7. The number of esters is 3. The van der Waals surface area contributed by atoms with Crippen LogP contribution in [0.3, 0.4) is 0 Å². The highest BCUT2D eigenvalue weighted by atomic mass is 16.6. The molecule has 0 saturated heterocycles. The molecule has 0 aliphatic rings. The van der Waals surface area contributed by atoms with Gasteiger partial charge in [0.25, 0.3) is 0 Å². The van der Waals surface area contributed by atoms with Crippen molar-refractivity contribution >= 4 is 17.9 Å².